The van der Waals surface area contributed by atoms with Gasteiger partial charge in [0.25, 0.3) is 0 Å². The van der Waals surface area contributed by atoms with E-state index in [1.54, 1.807) is 0 Å². The largest absolute Gasteiger partial charge is 0.489 e. The summed E-state index contributed by atoms with van der Waals surface area (Å²) in [6.45, 7) is 2.48. The van der Waals surface area contributed by atoms with E-state index in [-0.39, 0.29) is 11.9 Å². The summed E-state index contributed by atoms with van der Waals surface area (Å²) in [5.74, 6) is 0.785. The summed E-state index contributed by atoms with van der Waals surface area (Å²) < 4.78 is 11.2. The van der Waals surface area contributed by atoms with Crippen molar-refractivity contribution in [1.82, 2.24) is 5.32 Å². The first-order valence-electron chi connectivity index (χ1n) is 8.18. The van der Waals surface area contributed by atoms with Crippen molar-refractivity contribution in [3.63, 3.8) is 0 Å². The quantitative estimate of drug-likeness (QED) is 0.857. The number of hydrogen-bond acceptors (Lipinski definition) is 4. The molecule has 0 radical (unpaired) electrons. The van der Waals surface area contributed by atoms with Crippen molar-refractivity contribution >= 4 is 11.6 Å². The molecule has 5 nitrogen and oxygen atoms in total. The zero-order valence-corrected chi connectivity index (χ0v) is 13.5. The molecule has 0 aliphatic carbocycles. The number of nitrogens with one attached hydrogen (secondary N) is 2. The van der Waals surface area contributed by atoms with Gasteiger partial charge in [0, 0.05) is 30.3 Å². The summed E-state index contributed by atoms with van der Waals surface area (Å²) in [6.07, 6.45) is 0.397. The van der Waals surface area contributed by atoms with E-state index >= 15 is 0 Å². The van der Waals surface area contributed by atoms with Gasteiger partial charge >= 0.3 is 0 Å². The van der Waals surface area contributed by atoms with Gasteiger partial charge in [0.15, 0.2) is 0 Å². The van der Waals surface area contributed by atoms with E-state index in [2.05, 4.69) is 10.6 Å². The fourth-order valence-electron chi connectivity index (χ4n) is 2.62. The molecule has 1 atom stereocenters. The van der Waals surface area contributed by atoms with E-state index in [1.807, 2.05) is 54.6 Å². The number of carbonyl (C=O) groups is 1. The van der Waals surface area contributed by atoms with Crippen LogP contribution in [0.5, 0.6) is 5.75 Å². The summed E-state index contributed by atoms with van der Waals surface area (Å²) in [5, 5.41) is 6.27. The molecule has 0 saturated carbocycles. The second-order valence-electron chi connectivity index (χ2n) is 5.74. The van der Waals surface area contributed by atoms with Gasteiger partial charge in [0.2, 0.25) is 5.91 Å². The van der Waals surface area contributed by atoms with Crippen molar-refractivity contribution < 1.29 is 14.3 Å². The zero-order valence-electron chi connectivity index (χ0n) is 13.5. The number of hydrogen-bond donors (Lipinski definition) is 2. The molecule has 0 aromatic heterocycles. The normalized spacial score (nSPS) is 17.2. The van der Waals surface area contributed by atoms with Gasteiger partial charge in [-0.1, -0.05) is 36.4 Å². The molecule has 1 aliphatic rings. The highest BCUT2D eigenvalue weighted by molar-refractivity contribution is 5.91. The van der Waals surface area contributed by atoms with E-state index in [0.29, 0.717) is 26.2 Å². The Bertz CT molecular complexity index is 655. The Morgan fingerprint density at radius 1 is 1.17 bits per heavy atom. The van der Waals surface area contributed by atoms with Crippen molar-refractivity contribution in [2.75, 3.05) is 25.1 Å². The van der Waals surface area contributed by atoms with E-state index in [0.717, 1.165) is 23.5 Å². The van der Waals surface area contributed by atoms with E-state index < -0.39 is 0 Å². The second kappa shape index (κ2) is 8.47. The van der Waals surface area contributed by atoms with Crippen LogP contribution >= 0.6 is 0 Å². The maximum absolute atomic E-state index is 12.3. The van der Waals surface area contributed by atoms with Gasteiger partial charge in [-0.2, -0.15) is 0 Å². The highest BCUT2D eigenvalue weighted by atomic mass is 16.5. The van der Waals surface area contributed by atoms with Crippen LogP contribution in [-0.2, 0) is 16.1 Å². The summed E-state index contributed by atoms with van der Waals surface area (Å²) in [4.78, 5) is 12.3. The van der Waals surface area contributed by atoms with E-state index in [4.69, 9.17) is 9.47 Å². The van der Waals surface area contributed by atoms with Gasteiger partial charge in [-0.15, -0.1) is 0 Å². The van der Waals surface area contributed by atoms with Crippen LogP contribution in [-0.4, -0.2) is 31.7 Å². The minimum atomic E-state index is -0.0230. The van der Waals surface area contributed by atoms with Crippen molar-refractivity contribution in [3.05, 3.63) is 60.2 Å². The molecule has 1 saturated heterocycles. The topological polar surface area (TPSA) is 59.6 Å². The molecule has 5 heteroatoms. The van der Waals surface area contributed by atoms with Crippen LogP contribution in [0.2, 0.25) is 0 Å². The number of anilines is 1. The molecule has 0 bridgehead atoms. The van der Waals surface area contributed by atoms with Gasteiger partial charge in [-0.25, -0.2) is 0 Å². The third kappa shape index (κ3) is 4.81. The van der Waals surface area contributed by atoms with E-state index in [1.165, 1.54) is 0 Å². The molecular weight excluding hydrogens is 304 g/mol. The highest BCUT2D eigenvalue weighted by Gasteiger charge is 2.17. The van der Waals surface area contributed by atoms with Crippen molar-refractivity contribution in [2.24, 2.45) is 0 Å². The number of morpholine rings is 1. The minimum absolute atomic E-state index is 0.0230. The number of amides is 1. The molecule has 1 heterocycles. The standard InChI is InChI=1S/C19H22N2O3/c22-19(12-16-14-23-11-10-20-16)21-18-9-5-4-6-15(18)13-24-17-7-2-1-3-8-17/h1-9,16,20H,10-14H2,(H,21,22). The number of rotatable bonds is 6. The molecule has 0 spiro atoms. The lowest BCUT2D eigenvalue weighted by Crippen LogP contribution is -2.43. The molecule has 1 aliphatic heterocycles. The first-order valence-corrected chi connectivity index (χ1v) is 8.18. The van der Waals surface area contributed by atoms with Crippen LogP contribution < -0.4 is 15.4 Å². The molecule has 126 valence electrons. The molecule has 24 heavy (non-hydrogen) atoms. The number of ether oxygens (including phenoxy) is 2. The lowest BCUT2D eigenvalue weighted by Gasteiger charge is -2.23. The molecule has 1 fully saturated rings. The highest BCUT2D eigenvalue weighted by Crippen LogP contribution is 2.19. The van der Waals surface area contributed by atoms with Crippen LogP contribution in [0, 0.1) is 0 Å². The summed E-state index contributed by atoms with van der Waals surface area (Å²) in [6, 6.07) is 17.4. The van der Waals surface area contributed by atoms with Crippen molar-refractivity contribution in [3.8, 4) is 5.75 Å². The predicted octanol–water partition coefficient (Wildman–Crippen LogP) is 2.58. The number of para-hydroxylation sites is 2. The van der Waals surface area contributed by atoms with Crippen LogP contribution in [0.3, 0.4) is 0 Å². The van der Waals surface area contributed by atoms with Crippen LogP contribution in [0.15, 0.2) is 54.6 Å². The van der Waals surface area contributed by atoms with Gasteiger partial charge in [0.05, 0.1) is 13.2 Å². The fraction of sp³-hybridized carbons (Fsp3) is 0.316. The monoisotopic (exact) mass is 326 g/mol. The summed E-state index contributed by atoms with van der Waals surface area (Å²) >= 11 is 0. The van der Waals surface area contributed by atoms with Gasteiger partial charge in [-0.05, 0) is 18.2 Å². The Hall–Kier alpha value is -2.37. The molecular formula is C19H22N2O3. The molecule has 2 aromatic carbocycles. The third-order valence-electron chi connectivity index (χ3n) is 3.86. The van der Waals surface area contributed by atoms with Crippen LogP contribution in [0.1, 0.15) is 12.0 Å². The summed E-state index contributed by atoms with van der Waals surface area (Å²) in [5.41, 5.74) is 1.73. The Labute approximate surface area is 142 Å². The number of benzene rings is 2. The molecule has 1 unspecified atom stereocenters. The van der Waals surface area contributed by atoms with Crippen molar-refractivity contribution in [2.45, 2.75) is 19.1 Å². The van der Waals surface area contributed by atoms with E-state index in [9.17, 15) is 4.79 Å². The third-order valence-corrected chi connectivity index (χ3v) is 3.86. The van der Waals surface area contributed by atoms with Crippen LogP contribution in [0.4, 0.5) is 5.69 Å². The molecule has 1 amide bonds. The molecule has 3 rings (SSSR count). The zero-order chi connectivity index (χ0) is 16.6. The summed E-state index contributed by atoms with van der Waals surface area (Å²) in [7, 11) is 0. The fourth-order valence-corrected chi connectivity index (χ4v) is 2.62. The van der Waals surface area contributed by atoms with Gasteiger partial charge in [-0.3, -0.25) is 4.79 Å². The maximum Gasteiger partial charge on any atom is 0.226 e. The Kier molecular flexibility index (Phi) is 5.82. The second-order valence-corrected chi connectivity index (χ2v) is 5.74. The SMILES string of the molecule is O=C(CC1COCCN1)Nc1ccccc1COc1ccccc1. The first kappa shape index (κ1) is 16.5. The number of carbonyl (C=O) groups excluding carboxylic acids is 1. The lowest BCUT2D eigenvalue weighted by molar-refractivity contribution is -0.117. The van der Waals surface area contributed by atoms with Crippen molar-refractivity contribution in [1.29, 1.82) is 0 Å². The minimum Gasteiger partial charge on any atom is -0.489 e. The van der Waals surface area contributed by atoms with Gasteiger partial charge < -0.3 is 20.1 Å². The predicted molar refractivity (Wildman–Crippen MR) is 93.1 cm³/mol. The van der Waals surface area contributed by atoms with Crippen LogP contribution in [0.25, 0.3) is 0 Å². The lowest BCUT2D eigenvalue weighted by atomic mass is 10.1. The first-order chi connectivity index (χ1) is 11.8. The molecule has 2 N–H and O–H groups in total. The smallest absolute Gasteiger partial charge is 0.226 e. The Balaban J connectivity index is 1.57. The maximum atomic E-state index is 12.3. The molecule has 2 aromatic rings. The Morgan fingerprint density at radius 2 is 1.96 bits per heavy atom. The average Bonchev–Trinajstić information content (AvgIpc) is 2.63. The Morgan fingerprint density at radius 3 is 2.75 bits per heavy atom. The van der Waals surface area contributed by atoms with Gasteiger partial charge in [0.1, 0.15) is 12.4 Å². The average molecular weight is 326 g/mol.